The molecule has 1 aromatic rings. The van der Waals surface area contributed by atoms with Crippen molar-refractivity contribution >= 4 is 11.8 Å². The second kappa shape index (κ2) is 6.05. The van der Waals surface area contributed by atoms with Crippen molar-refractivity contribution in [2.75, 3.05) is 6.61 Å². The Kier molecular flexibility index (Phi) is 4.39. The van der Waals surface area contributed by atoms with Crippen molar-refractivity contribution < 1.29 is 14.3 Å². The highest BCUT2D eigenvalue weighted by molar-refractivity contribution is 6.01. The normalized spacial score (nSPS) is 16.6. The molecule has 1 aliphatic heterocycles. The monoisotopic (exact) mass is 276 g/mol. The van der Waals surface area contributed by atoms with Gasteiger partial charge in [0.05, 0.1) is 13.2 Å². The molecule has 1 aromatic carbocycles. The zero-order valence-electron chi connectivity index (χ0n) is 11.9. The molecule has 5 nitrogen and oxygen atoms in total. The van der Waals surface area contributed by atoms with E-state index in [4.69, 9.17) is 10.5 Å². The minimum Gasteiger partial charge on any atom is -0.494 e. The van der Waals surface area contributed by atoms with Crippen LogP contribution in [0.5, 0.6) is 5.75 Å². The summed E-state index contributed by atoms with van der Waals surface area (Å²) >= 11 is 0. The van der Waals surface area contributed by atoms with Gasteiger partial charge in [-0.1, -0.05) is 6.07 Å². The van der Waals surface area contributed by atoms with Crippen LogP contribution in [0.2, 0.25) is 0 Å². The number of hydrogen-bond acceptors (Lipinski definition) is 4. The molecule has 0 aromatic heterocycles. The highest BCUT2D eigenvalue weighted by atomic mass is 16.5. The summed E-state index contributed by atoms with van der Waals surface area (Å²) in [5, 5.41) is 0. The van der Waals surface area contributed by atoms with E-state index in [0.29, 0.717) is 25.2 Å². The molecule has 108 valence electrons. The van der Waals surface area contributed by atoms with Crippen molar-refractivity contribution in [2.24, 2.45) is 5.73 Å². The number of hydrogen-bond donors (Lipinski definition) is 1. The highest BCUT2D eigenvalue weighted by Gasteiger charge is 2.29. The SMILES string of the molecule is CCOc1ccc(C(C)N)cc1CN1C(=O)CCC1=O. The van der Waals surface area contributed by atoms with Crippen LogP contribution in [0.4, 0.5) is 0 Å². The molecule has 0 saturated carbocycles. The Labute approximate surface area is 118 Å². The number of rotatable bonds is 5. The Morgan fingerprint density at radius 1 is 1.30 bits per heavy atom. The van der Waals surface area contributed by atoms with Crippen LogP contribution in [0.1, 0.15) is 43.9 Å². The molecule has 20 heavy (non-hydrogen) atoms. The van der Waals surface area contributed by atoms with Gasteiger partial charge in [-0.25, -0.2) is 0 Å². The van der Waals surface area contributed by atoms with E-state index >= 15 is 0 Å². The topological polar surface area (TPSA) is 72.6 Å². The maximum Gasteiger partial charge on any atom is 0.230 e. The van der Waals surface area contributed by atoms with E-state index in [0.717, 1.165) is 11.1 Å². The van der Waals surface area contributed by atoms with E-state index in [1.54, 1.807) is 0 Å². The molecule has 1 aliphatic rings. The molecule has 0 bridgehead atoms. The molecule has 1 heterocycles. The molecular weight excluding hydrogens is 256 g/mol. The Hall–Kier alpha value is -1.88. The smallest absolute Gasteiger partial charge is 0.230 e. The Balaban J connectivity index is 2.29. The lowest BCUT2D eigenvalue weighted by atomic mass is 10.0. The van der Waals surface area contributed by atoms with Crippen LogP contribution in [-0.4, -0.2) is 23.3 Å². The number of benzene rings is 1. The molecule has 2 N–H and O–H groups in total. The van der Waals surface area contributed by atoms with Gasteiger partial charge in [-0.05, 0) is 31.5 Å². The zero-order valence-corrected chi connectivity index (χ0v) is 11.9. The Morgan fingerprint density at radius 3 is 2.50 bits per heavy atom. The third kappa shape index (κ3) is 2.99. The van der Waals surface area contributed by atoms with E-state index in [1.165, 1.54) is 4.90 Å². The van der Waals surface area contributed by atoms with Crippen LogP contribution in [0.15, 0.2) is 18.2 Å². The van der Waals surface area contributed by atoms with E-state index < -0.39 is 0 Å². The predicted molar refractivity (Wildman–Crippen MR) is 75.0 cm³/mol. The minimum atomic E-state index is -0.122. The number of carbonyl (C=O) groups excluding carboxylic acids is 2. The van der Waals surface area contributed by atoms with Gasteiger partial charge in [0.25, 0.3) is 0 Å². The van der Waals surface area contributed by atoms with Gasteiger partial charge in [-0.15, -0.1) is 0 Å². The van der Waals surface area contributed by atoms with Gasteiger partial charge in [0, 0.05) is 24.4 Å². The highest BCUT2D eigenvalue weighted by Crippen LogP contribution is 2.26. The average Bonchev–Trinajstić information content (AvgIpc) is 2.72. The maximum atomic E-state index is 11.7. The molecule has 1 saturated heterocycles. The average molecular weight is 276 g/mol. The maximum absolute atomic E-state index is 11.7. The molecule has 5 heteroatoms. The minimum absolute atomic E-state index is 0.102. The van der Waals surface area contributed by atoms with Crippen LogP contribution in [0.3, 0.4) is 0 Å². The number of imide groups is 1. The fourth-order valence-electron chi connectivity index (χ4n) is 2.27. The number of nitrogens with zero attached hydrogens (tertiary/aromatic N) is 1. The molecule has 1 unspecified atom stereocenters. The van der Waals surface area contributed by atoms with Crippen LogP contribution in [0.25, 0.3) is 0 Å². The summed E-state index contributed by atoms with van der Waals surface area (Å²) in [5.41, 5.74) is 7.67. The first-order valence-corrected chi connectivity index (χ1v) is 6.87. The number of carbonyl (C=O) groups is 2. The quantitative estimate of drug-likeness (QED) is 0.832. The number of ether oxygens (including phenoxy) is 1. The lowest BCUT2D eigenvalue weighted by Gasteiger charge is -2.18. The van der Waals surface area contributed by atoms with Crippen LogP contribution in [0, 0.1) is 0 Å². The number of amides is 2. The molecule has 0 spiro atoms. The lowest BCUT2D eigenvalue weighted by molar-refractivity contribution is -0.139. The van der Waals surface area contributed by atoms with Crippen LogP contribution >= 0.6 is 0 Å². The Morgan fingerprint density at radius 2 is 1.95 bits per heavy atom. The van der Waals surface area contributed by atoms with Crippen molar-refractivity contribution in [3.8, 4) is 5.75 Å². The predicted octanol–water partition coefficient (Wildman–Crippen LogP) is 1.75. The first-order chi connectivity index (χ1) is 9.52. The molecular formula is C15H20N2O3. The van der Waals surface area contributed by atoms with E-state index in [1.807, 2.05) is 32.0 Å². The van der Waals surface area contributed by atoms with Crippen LogP contribution < -0.4 is 10.5 Å². The van der Waals surface area contributed by atoms with Gasteiger partial charge in [0.2, 0.25) is 11.8 Å². The van der Waals surface area contributed by atoms with Crippen molar-refractivity contribution in [1.29, 1.82) is 0 Å². The second-order valence-corrected chi connectivity index (χ2v) is 4.96. The van der Waals surface area contributed by atoms with Crippen LogP contribution in [-0.2, 0) is 16.1 Å². The Bertz CT molecular complexity index is 510. The zero-order chi connectivity index (χ0) is 14.7. The second-order valence-electron chi connectivity index (χ2n) is 4.96. The summed E-state index contributed by atoms with van der Waals surface area (Å²) in [6.07, 6.45) is 0.603. The van der Waals surface area contributed by atoms with E-state index in [9.17, 15) is 9.59 Å². The fourth-order valence-corrected chi connectivity index (χ4v) is 2.27. The van der Waals surface area contributed by atoms with E-state index in [2.05, 4.69) is 0 Å². The summed E-state index contributed by atoms with van der Waals surface area (Å²) in [5.74, 6) is 0.455. The molecule has 2 amide bonds. The third-order valence-electron chi connectivity index (χ3n) is 3.39. The number of likely N-dealkylation sites (tertiary alicyclic amines) is 1. The summed E-state index contributed by atoms with van der Waals surface area (Å²) in [4.78, 5) is 24.7. The van der Waals surface area contributed by atoms with Crippen molar-refractivity contribution in [3.05, 3.63) is 29.3 Å². The standard InChI is InChI=1S/C15H20N2O3/c1-3-20-13-5-4-11(10(2)16)8-12(13)9-17-14(18)6-7-15(17)19/h4-5,8,10H,3,6-7,9,16H2,1-2H3. The summed E-state index contributed by atoms with van der Waals surface area (Å²) < 4.78 is 5.56. The van der Waals surface area contributed by atoms with Gasteiger partial charge in [0.1, 0.15) is 5.75 Å². The van der Waals surface area contributed by atoms with Crippen molar-refractivity contribution in [1.82, 2.24) is 4.90 Å². The van der Waals surface area contributed by atoms with E-state index in [-0.39, 0.29) is 24.4 Å². The van der Waals surface area contributed by atoms with Gasteiger partial charge in [-0.2, -0.15) is 0 Å². The van der Waals surface area contributed by atoms with Crippen molar-refractivity contribution in [2.45, 2.75) is 39.3 Å². The van der Waals surface area contributed by atoms with Gasteiger partial charge in [0.15, 0.2) is 0 Å². The number of nitrogens with two attached hydrogens (primary N) is 1. The molecule has 1 fully saturated rings. The molecule has 0 aliphatic carbocycles. The molecule has 0 radical (unpaired) electrons. The van der Waals surface area contributed by atoms with Gasteiger partial charge >= 0.3 is 0 Å². The molecule has 2 rings (SSSR count). The molecule has 1 atom stereocenters. The lowest BCUT2D eigenvalue weighted by Crippen LogP contribution is -2.28. The fraction of sp³-hybridized carbons (Fsp3) is 0.467. The van der Waals surface area contributed by atoms with Gasteiger partial charge in [-0.3, -0.25) is 14.5 Å². The van der Waals surface area contributed by atoms with Crippen molar-refractivity contribution in [3.63, 3.8) is 0 Å². The summed E-state index contributed by atoms with van der Waals surface area (Å²) in [7, 11) is 0. The first kappa shape index (κ1) is 14.5. The first-order valence-electron chi connectivity index (χ1n) is 6.87. The third-order valence-corrected chi connectivity index (χ3v) is 3.39. The largest absolute Gasteiger partial charge is 0.494 e. The van der Waals surface area contributed by atoms with Gasteiger partial charge < -0.3 is 10.5 Å². The summed E-state index contributed by atoms with van der Waals surface area (Å²) in [6.45, 7) is 4.58. The summed E-state index contributed by atoms with van der Waals surface area (Å²) in [6, 6.07) is 5.57.